The molecule has 0 fully saturated rings. The largest absolute Gasteiger partial charge is 0.426 e. The first-order valence-corrected chi connectivity index (χ1v) is 15.1. The average Bonchev–Trinajstić information content (AvgIpc) is 3.64. The van der Waals surface area contributed by atoms with E-state index in [4.69, 9.17) is 9.47 Å². The number of hydrogen-bond acceptors (Lipinski definition) is 6. The predicted octanol–water partition coefficient (Wildman–Crippen LogP) is 7.17. The van der Waals surface area contributed by atoms with Crippen molar-refractivity contribution >= 4 is 33.7 Å². The number of H-pyrrole nitrogens is 2. The highest BCUT2D eigenvalue weighted by Gasteiger charge is 2.14. The van der Waals surface area contributed by atoms with Gasteiger partial charge in [-0.3, -0.25) is 19.4 Å². The van der Waals surface area contributed by atoms with Gasteiger partial charge in [-0.05, 0) is 48.2 Å². The normalized spacial score (nSPS) is 10.7. The number of halogens is 2. The van der Waals surface area contributed by atoms with E-state index < -0.39 is 6.80 Å². The zero-order valence-electron chi connectivity index (χ0n) is 26.8. The zero-order chi connectivity index (χ0) is 33.2. The van der Waals surface area contributed by atoms with Crippen molar-refractivity contribution < 1.29 is 27.8 Å². The molecule has 2 aromatic heterocycles. The maximum atomic E-state index is 12.8. The SMILES string of the molecule is C=CCN(CCF)CCc1c[nH]c2cccc(OC(C)=O)c12.C=CCN(CF)CCc1c[nH]c2cccc(OC(C)=O)c12.CC. The number of esters is 2. The molecule has 2 heterocycles. The molecule has 0 saturated carbocycles. The lowest BCUT2D eigenvalue weighted by Gasteiger charge is -2.18. The molecule has 4 aromatic rings. The highest BCUT2D eigenvalue weighted by atomic mass is 19.1. The third-order valence-electron chi connectivity index (χ3n) is 6.74. The second-order valence-corrected chi connectivity index (χ2v) is 9.94. The van der Waals surface area contributed by atoms with E-state index in [2.05, 4.69) is 23.1 Å². The van der Waals surface area contributed by atoms with Crippen LogP contribution in [-0.2, 0) is 22.4 Å². The van der Waals surface area contributed by atoms with Crippen LogP contribution in [0.25, 0.3) is 21.8 Å². The van der Waals surface area contributed by atoms with Gasteiger partial charge in [-0.25, -0.2) is 8.78 Å². The molecular weight excluding hydrogens is 578 g/mol. The summed E-state index contributed by atoms with van der Waals surface area (Å²) >= 11 is 0. The summed E-state index contributed by atoms with van der Waals surface area (Å²) in [5.74, 6) is 0.394. The van der Waals surface area contributed by atoms with E-state index in [-0.39, 0.29) is 18.6 Å². The molecule has 8 nitrogen and oxygen atoms in total. The van der Waals surface area contributed by atoms with Crippen molar-refractivity contribution in [1.29, 1.82) is 0 Å². The Kier molecular flexibility index (Phi) is 16.3. The standard InChI is InChI=1S/C17H21FN2O2.C16H19FN2O2.C2H6/c1-3-9-20(11-8-18)10-7-14-12-19-15-5-4-6-16(17(14)15)22-13(2)21;1-3-8-19(11-17)9-7-13-10-18-14-5-4-6-15(16(13)14)21-12(2)20;1-2/h3-6,12,19H,1,7-11H2,2H3;3-6,10,18H,1,7-9,11H2,2H3;1-2H3. The van der Waals surface area contributed by atoms with E-state index in [1.807, 2.05) is 55.4 Å². The Morgan fingerprint density at radius 1 is 0.756 bits per heavy atom. The molecule has 0 aliphatic carbocycles. The molecule has 0 bridgehead atoms. The first kappa shape index (κ1) is 36.9. The summed E-state index contributed by atoms with van der Waals surface area (Å²) in [4.78, 5) is 32.4. The van der Waals surface area contributed by atoms with Crippen molar-refractivity contribution in [2.45, 2.75) is 40.5 Å². The Morgan fingerprint density at radius 3 is 1.60 bits per heavy atom. The molecule has 0 spiro atoms. The van der Waals surface area contributed by atoms with Gasteiger partial charge in [-0.1, -0.05) is 38.1 Å². The van der Waals surface area contributed by atoms with Crippen molar-refractivity contribution in [3.63, 3.8) is 0 Å². The molecule has 4 rings (SSSR count). The fourth-order valence-corrected chi connectivity index (χ4v) is 4.85. The van der Waals surface area contributed by atoms with Crippen LogP contribution in [0.5, 0.6) is 11.5 Å². The quantitative estimate of drug-likeness (QED) is 0.0631. The first-order valence-electron chi connectivity index (χ1n) is 15.1. The highest BCUT2D eigenvalue weighted by Crippen LogP contribution is 2.30. The summed E-state index contributed by atoms with van der Waals surface area (Å²) in [6.45, 7) is 16.0. The van der Waals surface area contributed by atoms with E-state index in [1.54, 1.807) is 29.2 Å². The number of carbonyl (C=O) groups is 2. The summed E-state index contributed by atoms with van der Waals surface area (Å²) < 4.78 is 35.9. The molecule has 0 aliphatic rings. The molecule has 2 N–H and O–H groups in total. The molecule has 0 radical (unpaired) electrons. The van der Waals surface area contributed by atoms with Gasteiger partial charge in [0.25, 0.3) is 0 Å². The molecule has 0 amide bonds. The Hall–Kier alpha value is -4.28. The smallest absolute Gasteiger partial charge is 0.308 e. The van der Waals surface area contributed by atoms with Crippen LogP contribution in [0.15, 0.2) is 74.1 Å². The van der Waals surface area contributed by atoms with E-state index >= 15 is 0 Å². The monoisotopic (exact) mass is 624 g/mol. The second-order valence-electron chi connectivity index (χ2n) is 9.94. The number of aromatic nitrogens is 2. The van der Waals surface area contributed by atoms with Crippen molar-refractivity contribution in [2.24, 2.45) is 0 Å². The lowest BCUT2D eigenvalue weighted by Crippen LogP contribution is -2.28. The fourth-order valence-electron chi connectivity index (χ4n) is 4.85. The highest BCUT2D eigenvalue weighted by molar-refractivity contribution is 5.92. The van der Waals surface area contributed by atoms with Crippen molar-refractivity contribution in [3.05, 3.63) is 85.2 Å². The minimum atomic E-state index is -0.509. The van der Waals surface area contributed by atoms with Crippen molar-refractivity contribution in [1.82, 2.24) is 19.8 Å². The van der Waals surface area contributed by atoms with Crippen LogP contribution >= 0.6 is 0 Å². The number of nitrogens with zero attached hydrogens (tertiary/aromatic N) is 2. The maximum absolute atomic E-state index is 12.8. The Bertz CT molecular complexity index is 1510. The van der Waals surface area contributed by atoms with E-state index in [1.165, 1.54) is 13.8 Å². The Labute approximate surface area is 264 Å². The van der Waals surface area contributed by atoms with Gasteiger partial charge in [-0.15, -0.1) is 13.2 Å². The van der Waals surface area contributed by atoms with Crippen molar-refractivity contribution in [3.8, 4) is 11.5 Å². The van der Waals surface area contributed by atoms with Crippen LogP contribution in [0.2, 0.25) is 0 Å². The van der Waals surface area contributed by atoms with Crippen LogP contribution < -0.4 is 9.47 Å². The zero-order valence-corrected chi connectivity index (χ0v) is 26.8. The van der Waals surface area contributed by atoms with Gasteiger partial charge in [0.1, 0.15) is 25.0 Å². The molecule has 0 unspecified atom stereocenters. The van der Waals surface area contributed by atoms with Gasteiger partial charge >= 0.3 is 11.9 Å². The van der Waals surface area contributed by atoms with E-state index in [0.29, 0.717) is 44.1 Å². The van der Waals surface area contributed by atoms with Gasteiger partial charge in [0, 0.05) is 80.8 Å². The Morgan fingerprint density at radius 2 is 1.20 bits per heavy atom. The number of ether oxygens (including phenoxy) is 2. The average molecular weight is 625 g/mol. The van der Waals surface area contributed by atoms with Crippen LogP contribution in [-0.4, -0.2) is 77.9 Å². The third kappa shape index (κ3) is 11.3. The summed E-state index contributed by atoms with van der Waals surface area (Å²) in [6, 6.07) is 11.1. The van der Waals surface area contributed by atoms with Gasteiger partial charge in [0.05, 0.1) is 0 Å². The third-order valence-corrected chi connectivity index (χ3v) is 6.74. The number of hydrogen-bond donors (Lipinski definition) is 2. The predicted molar refractivity (Wildman–Crippen MR) is 178 cm³/mol. The van der Waals surface area contributed by atoms with Gasteiger partial charge in [-0.2, -0.15) is 0 Å². The summed E-state index contributed by atoms with van der Waals surface area (Å²) in [5, 5.41) is 1.79. The lowest BCUT2D eigenvalue weighted by molar-refractivity contribution is -0.132. The van der Waals surface area contributed by atoms with Crippen molar-refractivity contribution in [2.75, 3.05) is 46.2 Å². The number of aromatic amines is 2. The molecule has 2 aromatic carbocycles. The minimum Gasteiger partial charge on any atom is -0.426 e. The van der Waals surface area contributed by atoms with Gasteiger partial charge in [0.15, 0.2) is 0 Å². The summed E-state index contributed by atoms with van der Waals surface area (Å²) in [6.07, 6.45) is 8.65. The second kappa shape index (κ2) is 19.9. The fraction of sp³-hybridized carbons (Fsp3) is 0.371. The van der Waals surface area contributed by atoms with Crippen LogP contribution in [0.4, 0.5) is 8.78 Å². The summed E-state index contributed by atoms with van der Waals surface area (Å²) in [7, 11) is 0. The van der Waals surface area contributed by atoms with E-state index in [0.717, 1.165) is 45.9 Å². The number of fused-ring (bicyclic) bond motifs is 2. The molecule has 0 saturated heterocycles. The first-order chi connectivity index (χ1) is 21.8. The minimum absolute atomic E-state index is 0.342. The number of alkyl halides is 2. The molecule has 0 aliphatic heterocycles. The van der Waals surface area contributed by atoms with E-state index in [9.17, 15) is 18.4 Å². The number of nitrogens with one attached hydrogen (secondary N) is 2. The van der Waals surface area contributed by atoms with Crippen LogP contribution in [0.1, 0.15) is 38.8 Å². The van der Waals surface area contributed by atoms with Gasteiger partial charge < -0.3 is 19.4 Å². The molecule has 0 atom stereocenters. The number of carbonyl (C=O) groups excluding carboxylic acids is 2. The Balaban J connectivity index is 0.000000297. The maximum Gasteiger partial charge on any atom is 0.308 e. The molecule has 244 valence electrons. The molecule has 45 heavy (non-hydrogen) atoms. The number of benzene rings is 2. The molecule has 10 heteroatoms. The number of rotatable bonds is 15. The molecular formula is C35H46F2N4O4. The van der Waals surface area contributed by atoms with Crippen LogP contribution in [0.3, 0.4) is 0 Å². The van der Waals surface area contributed by atoms with Gasteiger partial charge in [0.2, 0.25) is 0 Å². The lowest BCUT2D eigenvalue weighted by atomic mass is 10.1. The summed E-state index contributed by atoms with van der Waals surface area (Å²) in [5.41, 5.74) is 3.89. The topological polar surface area (TPSA) is 90.7 Å². The van der Waals surface area contributed by atoms with Crippen LogP contribution in [0, 0.1) is 0 Å².